The Morgan fingerprint density at radius 1 is 1.00 bits per heavy atom. The number of rotatable bonds is 5. The van der Waals surface area contributed by atoms with Gasteiger partial charge in [-0.05, 0) is 43.0 Å². The lowest BCUT2D eigenvalue weighted by Gasteiger charge is -2.29. The van der Waals surface area contributed by atoms with Gasteiger partial charge >= 0.3 is 0 Å². The summed E-state index contributed by atoms with van der Waals surface area (Å²) >= 11 is 1.34. The molecule has 172 valence electrons. The van der Waals surface area contributed by atoms with Crippen LogP contribution in [0.5, 0.6) is 0 Å². The molecule has 0 saturated heterocycles. The average molecular weight is 476 g/mol. The molecular formula is C30H25N3OS. The van der Waals surface area contributed by atoms with Crippen molar-refractivity contribution in [1.82, 2.24) is 4.98 Å². The van der Waals surface area contributed by atoms with Crippen LogP contribution in [0.4, 0.5) is 5.69 Å². The zero-order valence-electron chi connectivity index (χ0n) is 19.6. The van der Waals surface area contributed by atoms with E-state index in [-0.39, 0.29) is 11.7 Å². The quantitative estimate of drug-likeness (QED) is 0.303. The van der Waals surface area contributed by atoms with E-state index in [1.54, 1.807) is 0 Å². The van der Waals surface area contributed by atoms with Gasteiger partial charge in [0.2, 0.25) is 5.91 Å². The van der Waals surface area contributed by atoms with Crippen LogP contribution in [0.1, 0.15) is 23.1 Å². The highest BCUT2D eigenvalue weighted by Gasteiger charge is 2.23. The summed E-state index contributed by atoms with van der Waals surface area (Å²) in [4.78, 5) is 20.0. The molecule has 3 aromatic carbocycles. The largest absolute Gasteiger partial charge is 0.311 e. The zero-order chi connectivity index (χ0) is 24.2. The Hall–Kier alpha value is -3.88. The van der Waals surface area contributed by atoms with Gasteiger partial charge in [0.05, 0.1) is 17.0 Å². The van der Waals surface area contributed by atoms with Crippen molar-refractivity contribution in [3.05, 3.63) is 102 Å². The van der Waals surface area contributed by atoms with Gasteiger partial charge in [-0.1, -0.05) is 90.1 Å². The summed E-state index contributed by atoms with van der Waals surface area (Å²) in [6, 6.07) is 30.5. The number of hydrogen-bond donors (Lipinski definition) is 0. The predicted molar refractivity (Wildman–Crippen MR) is 142 cm³/mol. The number of aryl methyl sites for hydroxylation is 2. The lowest BCUT2D eigenvalue weighted by Crippen LogP contribution is -2.36. The SMILES string of the molecule is Cc1ccc(-c2cc(-c3ccccc3)c(C#N)c(SCC(=O)N3CCCc4ccccc43)n2)cc1. The Morgan fingerprint density at radius 3 is 2.51 bits per heavy atom. The van der Waals surface area contributed by atoms with E-state index in [0.29, 0.717) is 17.1 Å². The monoisotopic (exact) mass is 475 g/mol. The molecule has 1 aliphatic heterocycles. The normalized spacial score (nSPS) is 12.6. The highest BCUT2D eigenvalue weighted by Crippen LogP contribution is 2.35. The van der Waals surface area contributed by atoms with E-state index in [2.05, 4.69) is 31.2 Å². The minimum Gasteiger partial charge on any atom is -0.311 e. The van der Waals surface area contributed by atoms with Gasteiger partial charge in [-0.25, -0.2) is 4.98 Å². The van der Waals surface area contributed by atoms with E-state index in [4.69, 9.17) is 4.98 Å². The number of hydrogen-bond acceptors (Lipinski definition) is 4. The van der Waals surface area contributed by atoms with Crippen molar-refractivity contribution in [3.8, 4) is 28.5 Å². The van der Waals surface area contributed by atoms with Crippen molar-refractivity contribution in [2.75, 3.05) is 17.2 Å². The van der Waals surface area contributed by atoms with Crippen LogP contribution in [0, 0.1) is 18.3 Å². The molecule has 0 unspecified atom stereocenters. The second-order valence-corrected chi connectivity index (χ2v) is 9.61. The van der Waals surface area contributed by atoms with Crippen molar-refractivity contribution in [2.24, 2.45) is 0 Å². The highest BCUT2D eigenvalue weighted by atomic mass is 32.2. The van der Waals surface area contributed by atoms with Gasteiger partial charge in [0.15, 0.2) is 0 Å². The van der Waals surface area contributed by atoms with Crippen molar-refractivity contribution in [2.45, 2.75) is 24.8 Å². The van der Waals surface area contributed by atoms with Gasteiger partial charge in [0, 0.05) is 23.4 Å². The van der Waals surface area contributed by atoms with Crippen LogP contribution in [-0.2, 0) is 11.2 Å². The Bertz CT molecular complexity index is 1410. The Kier molecular flexibility index (Phi) is 6.65. The average Bonchev–Trinajstić information content (AvgIpc) is 2.91. The molecule has 0 radical (unpaired) electrons. The molecule has 1 aromatic heterocycles. The van der Waals surface area contributed by atoms with E-state index < -0.39 is 0 Å². The van der Waals surface area contributed by atoms with Crippen LogP contribution in [0.2, 0.25) is 0 Å². The van der Waals surface area contributed by atoms with Crippen molar-refractivity contribution >= 4 is 23.4 Å². The second kappa shape index (κ2) is 10.2. The first-order chi connectivity index (χ1) is 17.1. The van der Waals surface area contributed by atoms with Gasteiger partial charge < -0.3 is 4.90 Å². The smallest absolute Gasteiger partial charge is 0.237 e. The molecule has 0 spiro atoms. The number of fused-ring (bicyclic) bond motifs is 1. The fraction of sp³-hybridized carbons (Fsp3) is 0.167. The molecule has 0 N–H and O–H groups in total. The number of aromatic nitrogens is 1. The molecule has 0 saturated carbocycles. The van der Waals surface area contributed by atoms with Gasteiger partial charge in [0.1, 0.15) is 11.1 Å². The molecule has 0 atom stereocenters. The number of anilines is 1. The number of para-hydroxylation sites is 1. The van der Waals surface area contributed by atoms with E-state index in [1.807, 2.05) is 71.6 Å². The molecule has 2 heterocycles. The molecule has 4 aromatic rings. The maximum atomic E-state index is 13.3. The number of benzene rings is 3. The molecule has 5 rings (SSSR count). The summed E-state index contributed by atoms with van der Waals surface area (Å²) in [5, 5.41) is 10.7. The lowest BCUT2D eigenvalue weighted by atomic mass is 9.99. The van der Waals surface area contributed by atoms with Crippen LogP contribution in [0.25, 0.3) is 22.4 Å². The third kappa shape index (κ3) is 4.84. The van der Waals surface area contributed by atoms with E-state index in [0.717, 1.165) is 40.9 Å². The summed E-state index contributed by atoms with van der Waals surface area (Å²) in [5.74, 6) is 0.261. The van der Waals surface area contributed by atoms with Crippen LogP contribution in [-0.4, -0.2) is 23.2 Å². The first-order valence-electron chi connectivity index (χ1n) is 11.7. The molecule has 0 bridgehead atoms. The maximum Gasteiger partial charge on any atom is 0.237 e. The number of nitriles is 1. The predicted octanol–water partition coefficient (Wildman–Crippen LogP) is 6.67. The Morgan fingerprint density at radius 2 is 1.74 bits per heavy atom. The number of nitrogens with zero attached hydrogens (tertiary/aromatic N) is 3. The summed E-state index contributed by atoms with van der Waals surface area (Å²) in [6.07, 6.45) is 1.95. The molecule has 0 fully saturated rings. The minimum atomic E-state index is 0.0369. The zero-order valence-corrected chi connectivity index (χ0v) is 20.4. The Labute approximate surface area is 210 Å². The fourth-order valence-corrected chi connectivity index (χ4v) is 5.33. The van der Waals surface area contributed by atoms with E-state index in [1.165, 1.54) is 22.9 Å². The Balaban J connectivity index is 1.50. The third-order valence-corrected chi connectivity index (χ3v) is 7.23. The molecule has 4 nitrogen and oxygen atoms in total. The first kappa shape index (κ1) is 22.9. The molecule has 5 heteroatoms. The summed E-state index contributed by atoms with van der Waals surface area (Å²) in [7, 11) is 0. The molecule has 0 aliphatic carbocycles. The van der Waals surface area contributed by atoms with Crippen molar-refractivity contribution in [3.63, 3.8) is 0 Å². The van der Waals surface area contributed by atoms with Crippen LogP contribution < -0.4 is 4.90 Å². The fourth-order valence-electron chi connectivity index (χ4n) is 4.45. The van der Waals surface area contributed by atoms with Crippen LogP contribution >= 0.6 is 11.8 Å². The van der Waals surface area contributed by atoms with Crippen molar-refractivity contribution < 1.29 is 4.79 Å². The number of pyridine rings is 1. The van der Waals surface area contributed by atoms with Gasteiger partial charge in [-0.3, -0.25) is 4.79 Å². The third-order valence-electron chi connectivity index (χ3n) is 6.27. The summed E-state index contributed by atoms with van der Waals surface area (Å²) < 4.78 is 0. The highest BCUT2D eigenvalue weighted by molar-refractivity contribution is 8.00. The summed E-state index contributed by atoms with van der Waals surface area (Å²) in [6.45, 7) is 2.77. The number of carbonyl (C=O) groups is 1. The first-order valence-corrected chi connectivity index (χ1v) is 12.7. The molecule has 1 aliphatic rings. The number of carbonyl (C=O) groups excluding carboxylic acids is 1. The van der Waals surface area contributed by atoms with Crippen molar-refractivity contribution in [1.29, 1.82) is 5.26 Å². The van der Waals surface area contributed by atoms with Gasteiger partial charge in [0.25, 0.3) is 0 Å². The van der Waals surface area contributed by atoms with Crippen LogP contribution in [0.3, 0.4) is 0 Å². The number of amides is 1. The number of thioether (sulfide) groups is 1. The van der Waals surface area contributed by atoms with Crippen LogP contribution in [0.15, 0.2) is 90.0 Å². The lowest BCUT2D eigenvalue weighted by molar-refractivity contribution is -0.116. The topological polar surface area (TPSA) is 57.0 Å². The molecular weight excluding hydrogens is 450 g/mol. The molecule has 35 heavy (non-hydrogen) atoms. The molecule has 1 amide bonds. The standard InChI is InChI=1S/C30H25N3OS/c1-21-13-15-23(16-14-21)27-18-25(22-8-3-2-4-9-22)26(19-31)30(32-27)35-20-29(34)33-17-7-11-24-10-5-6-12-28(24)33/h2-6,8-10,12-16,18H,7,11,17,20H2,1H3. The minimum absolute atomic E-state index is 0.0369. The van der Waals surface area contributed by atoms with Gasteiger partial charge in [-0.15, -0.1) is 0 Å². The second-order valence-electron chi connectivity index (χ2n) is 8.65. The van der Waals surface area contributed by atoms with E-state index in [9.17, 15) is 10.1 Å². The van der Waals surface area contributed by atoms with E-state index >= 15 is 0 Å². The van der Waals surface area contributed by atoms with Gasteiger partial charge in [-0.2, -0.15) is 5.26 Å². The maximum absolute atomic E-state index is 13.3. The summed E-state index contributed by atoms with van der Waals surface area (Å²) in [5.41, 5.74) is 7.44.